The zero-order valence-corrected chi connectivity index (χ0v) is 13.9. The Morgan fingerprint density at radius 3 is 2.95 bits per heavy atom. The fraction of sp³-hybridized carbons (Fsp3) is 0.562. The molecule has 0 aromatic heterocycles. The fourth-order valence-electron chi connectivity index (χ4n) is 2.45. The second-order valence-corrected chi connectivity index (χ2v) is 6.48. The monoisotopic (exact) mass is 308 g/mol. The van der Waals surface area contributed by atoms with Crippen LogP contribution in [0.3, 0.4) is 0 Å². The van der Waals surface area contributed by atoms with Crippen molar-refractivity contribution in [2.24, 2.45) is 0 Å². The van der Waals surface area contributed by atoms with Crippen LogP contribution in [-0.4, -0.2) is 55.3 Å². The fourth-order valence-corrected chi connectivity index (χ4v) is 3.66. The molecule has 4 nitrogen and oxygen atoms in total. The number of hydrogen-bond donors (Lipinski definition) is 0. The Balaban J connectivity index is 2.06. The van der Waals surface area contributed by atoms with Gasteiger partial charge in [0.1, 0.15) is 11.1 Å². The number of nitrogens with zero attached hydrogens (tertiary/aromatic N) is 2. The molecule has 2 rings (SSSR count). The number of hydrogen-bond acceptors (Lipinski definition) is 4. The summed E-state index contributed by atoms with van der Waals surface area (Å²) in [5, 5.41) is 0.125. The molecule has 0 bridgehead atoms. The van der Waals surface area contributed by atoms with Crippen LogP contribution >= 0.6 is 11.8 Å². The molecule has 1 aromatic rings. The Morgan fingerprint density at radius 2 is 2.24 bits per heavy atom. The molecule has 1 atom stereocenters. The molecule has 5 heteroatoms. The van der Waals surface area contributed by atoms with Crippen molar-refractivity contribution >= 4 is 17.7 Å². The number of carbonyl (C=O) groups is 1. The summed E-state index contributed by atoms with van der Waals surface area (Å²) in [6.07, 6.45) is 1.00. The summed E-state index contributed by atoms with van der Waals surface area (Å²) in [6, 6.07) is 8.10. The van der Waals surface area contributed by atoms with Gasteiger partial charge in [-0.1, -0.05) is 12.1 Å². The second kappa shape index (κ2) is 7.71. The maximum absolute atomic E-state index is 12.1. The third kappa shape index (κ3) is 4.38. The van der Waals surface area contributed by atoms with Crippen molar-refractivity contribution in [1.29, 1.82) is 0 Å². The first-order valence-corrected chi connectivity index (χ1v) is 8.45. The predicted molar refractivity (Wildman–Crippen MR) is 87.7 cm³/mol. The van der Waals surface area contributed by atoms with Gasteiger partial charge in [-0.3, -0.25) is 4.79 Å². The van der Waals surface area contributed by atoms with Gasteiger partial charge in [0.25, 0.3) is 0 Å². The van der Waals surface area contributed by atoms with Crippen molar-refractivity contribution in [2.75, 3.05) is 39.5 Å². The quantitative estimate of drug-likeness (QED) is 0.775. The minimum absolute atomic E-state index is 0.125. The van der Waals surface area contributed by atoms with E-state index >= 15 is 0 Å². The molecule has 1 heterocycles. The van der Waals surface area contributed by atoms with Crippen molar-refractivity contribution in [1.82, 2.24) is 9.80 Å². The van der Waals surface area contributed by atoms with Crippen molar-refractivity contribution in [3.05, 3.63) is 29.8 Å². The lowest BCUT2D eigenvalue weighted by molar-refractivity contribution is -0.128. The van der Waals surface area contributed by atoms with Crippen LogP contribution in [0, 0.1) is 0 Å². The molecule has 0 saturated carbocycles. The van der Waals surface area contributed by atoms with Crippen molar-refractivity contribution in [3.63, 3.8) is 0 Å². The third-order valence-electron chi connectivity index (χ3n) is 3.43. The molecule has 1 amide bonds. The molecule has 1 unspecified atom stereocenters. The van der Waals surface area contributed by atoms with Gasteiger partial charge >= 0.3 is 0 Å². The van der Waals surface area contributed by atoms with Crippen LogP contribution in [0.15, 0.2) is 24.3 Å². The molecule has 1 aliphatic heterocycles. The van der Waals surface area contributed by atoms with Gasteiger partial charge in [-0.05, 0) is 51.7 Å². The second-order valence-electron chi connectivity index (χ2n) is 5.41. The smallest absolute Gasteiger partial charge is 0.233 e. The van der Waals surface area contributed by atoms with Gasteiger partial charge in [0.2, 0.25) is 5.91 Å². The van der Waals surface area contributed by atoms with Gasteiger partial charge in [0.05, 0.1) is 12.4 Å². The van der Waals surface area contributed by atoms with E-state index in [-0.39, 0.29) is 11.3 Å². The highest BCUT2D eigenvalue weighted by molar-refractivity contribution is 8.00. The highest BCUT2D eigenvalue weighted by Crippen LogP contribution is 2.39. The van der Waals surface area contributed by atoms with E-state index in [0.717, 1.165) is 30.8 Å². The minimum atomic E-state index is 0.125. The number of amides is 1. The van der Waals surface area contributed by atoms with E-state index in [1.165, 1.54) is 0 Å². The van der Waals surface area contributed by atoms with Gasteiger partial charge in [0.15, 0.2) is 0 Å². The number of ether oxygens (including phenoxy) is 1. The summed E-state index contributed by atoms with van der Waals surface area (Å²) < 4.78 is 5.56. The summed E-state index contributed by atoms with van der Waals surface area (Å²) in [7, 11) is 4.12. The van der Waals surface area contributed by atoms with E-state index in [1.54, 1.807) is 11.8 Å². The topological polar surface area (TPSA) is 32.8 Å². The van der Waals surface area contributed by atoms with Crippen molar-refractivity contribution < 1.29 is 9.53 Å². The van der Waals surface area contributed by atoms with E-state index in [1.807, 2.05) is 24.0 Å². The number of rotatable bonds is 7. The molecule has 1 aromatic carbocycles. The Hall–Kier alpha value is -1.20. The summed E-state index contributed by atoms with van der Waals surface area (Å²) in [5.41, 5.74) is 1.15. The zero-order valence-electron chi connectivity index (χ0n) is 13.0. The molecular weight excluding hydrogens is 284 g/mol. The maximum Gasteiger partial charge on any atom is 0.233 e. The Kier molecular flexibility index (Phi) is 5.94. The molecule has 0 N–H and O–H groups in total. The summed E-state index contributed by atoms with van der Waals surface area (Å²) in [6.45, 7) is 4.45. The highest BCUT2D eigenvalue weighted by Gasteiger charge is 2.32. The molecule has 116 valence electrons. The lowest BCUT2D eigenvalue weighted by atomic mass is 10.2. The lowest BCUT2D eigenvalue weighted by Gasteiger charge is -2.25. The molecule has 1 fully saturated rings. The minimum Gasteiger partial charge on any atom is -0.494 e. The van der Waals surface area contributed by atoms with Gasteiger partial charge in [0, 0.05) is 6.54 Å². The molecule has 0 spiro atoms. The first-order chi connectivity index (χ1) is 10.1. The molecule has 0 aliphatic carbocycles. The van der Waals surface area contributed by atoms with Gasteiger partial charge in [-0.2, -0.15) is 0 Å². The Labute approximate surface area is 131 Å². The van der Waals surface area contributed by atoms with Crippen LogP contribution in [0.2, 0.25) is 0 Å². The number of carbonyl (C=O) groups excluding carboxylic acids is 1. The number of benzene rings is 1. The third-order valence-corrected chi connectivity index (χ3v) is 4.68. The summed E-state index contributed by atoms with van der Waals surface area (Å²) in [5.74, 6) is 1.69. The molecule has 1 aliphatic rings. The van der Waals surface area contributed by atoms with Gasteiger partial charge in [-0.25, -0.2) is 0 Å². The first kappa shape index (κ1) is 16.2. The highest BCUT2D eigenvalue weighted by atomic mass is 32.2. The van der Waals surface area contributed by atoms with E-state index in [4.69, 9.17) is 4.74 Å². The standard InChI is InChI=1S/C16H24N2O2S/c1-4-20-14-8-5-7-13(11-14)16-18(15(19)12-21-16)10-6-9-17(2)3/h5,7-8,11,16H,4,6,9-10,12H2,1-3H3. The molecule has 21 heavy (non-hydrogen) atoms. The van der Waals surface area contributed by atoms with E-state index in [2.05, 4.69) is 31.1 Å². The van der Waals surface area contributed by atoms with E-state index < -0.39 is 0 Å². The van der Waals surface area contributed by atoms with Crippen LogP contribution in [0.1, 0.15) is 24.3 Å². The average Bonchev–Trinajstić information content (AvgIpc) is 2.81. The van der Waals surface area contributed by atoms with Crippen LogP contribution in [0.25, 0.3) is 0 Å². The number of thioether (sulfide) groups is 1. The van der Waals surface area contributed by atoms with Gasteiger partial charge in [-0.15, -0.1) is 11.8 Å². The Bertz CT molecular complexity index is 479. The normalized spacial score (nSPS) is 18.6. The van der Waals surface area contributed by atoms with Crippen LogP contribution in [0.4, 0.5) is 0 Å². The summed E-state index contributed by atoms with van der Waals surface area (Å²) in [4.78, 5) is 16.3. The van der Waals surface area contributed by atoms with Crippen LogP contribution in [0.5, 0.6) is 5.75 Å². The van der Waals surface area contributed by atoms with E-state index in [0.29, 0.717) is 12.4 Å². The molecule has 1 saturated heterocycles. The van der Waals surface area contributed by atoms with Gasteiger partial charge < -0.3 is 14.5 Å². The Morgan fingerprint density at radius 1 is 1.43 bits per heavy atom. The average molecular weight is 308 g/mol. The largest absolute Gasteiger partial charge is 0.494 e. The van der Waals surface area contributed by atoms with Crippen LogP contribution < -0.4 is 4.74 Å². The summed E-state index contributed by atoms with van der Waals surface area (Å²) >= 11 is 1.70. The predicted octanol–water partition coefficient (Wildman–Crippen LogP) is 2.61. The van der Waals surface area contributed by atoms with E-state index in [9.17, 15) is 4.79 Å². The van der Waals surface area contributed by atoms with Crippen LogP contribution in [-0.2, 0) is 4.79 Å². The SMILES string of the molecule is CCOc1cccc(C2SCC(=O)N2CCCN(C)C)c1. The van der Waals surface area contributed by atoms with Crippen molar-refractivity contribution in [2.45, 2.75) is 18.7 Å². The maximum atomic E-state index is 12.1. The lowest BCUT2D eigenvalue weighted by Crippen LogP contribution is -2.31. The molecule has 0 radical (unpaired) electrons. The molecular formula is C16H24N2O2S. The first-order valence-electron chi connectivity index (χ1n) is 7.40. The zero-order chi connectivity index (χ0) is 15.2. The van der Waals surface area contributed by atoms with Crippen molar-refractivity contribution in [3.8, 4) is 5.75 Å².